The van der Waals surface area contributed by atoms with Gasteiger partial charge in [0.25, 0.3) is 0 Å². The van der Waals surface area contributed by atoms with Gasteiger partial charge in [-0.05, 0) is 6.92 Å². The molecule has 0 spiro atoms. The molecule has 2 rings (SSSR count). The Labute approximate surface area is 105 Å². The van der Waals surface area contributed by atoms with Crippen LogP contribution >= 0.6 is 12.4 Å². The third kappa shape index (κ3) is 2.76. The normalized spacial score (nSPS) is 10.1. The molecule has 0 aliphatic carbocycles. The number of halogens is 2. The first-order chi connectivity index (χ1) is 7.58. The number of anilines is 1. The molecule has 94 valence electrons. The second-order valence-electron chi connectivity index (χ2n) is 3.73. The highest BCUT2D eigenvalue weighted by Gasteiger charge is 2.08. The van der Waals surface area contributed by atoms with E-state index in [2.05, 4.69) is 15.5 Å². The average Bonchev–Trinajstić information content (AvgIpc) is 2.70. The Kier molecular flexibility index (Phi) is 4.11. The summed E-state index contributed by atoms with van der Waals surface area (Å²) in [5.74, 6) is 0.548. The van der Waals surface area contributed by atoms with Crippen LogP contribution in [0.3, 0.4) is 0 Å². The minimum absolute atomic E-state index is 0. The molecule has 0 aromatic carbocycles. The molecular weight excluding hydrogens is 245 g/mol. The van der Waals surface area contributed by atoms with Gasteiger partial charge in [-0.2, -0.15) is 14.6 Å². The zero-order valence-corrected chi connectivity index (χ0v) is 10.8. The molecule has 0 unspecified atom stereocenters. The average molecular weight is 260 g/mol. The van der Waals surface area contributed by atoms with Gasteiger partial charge in [0.2, 0.25) is 5.95 Å². The molecule has 0 aliphatic rings. The maximum absolute atomic E-state index is 13.4. The second kappa shape index (κ2) is 5.18. The summed E-state index contributed by atoms with van der Waals surface area (Å²) in [5, 5.41) is 11.1. The van der Waals surface area contributed by atoms with Crippen molar-refractivity contribution in [1.29, 1.82) is 0 Å². The third-order valence-corrected chi connectivity index (χ3v) is 2.40. The Morgan fingerprint density at radius 2 is 2.06 bits per heavy atom. The van der Waals surface area contributed by atoms with E-state index in [4.69, 9.17) is 0 Å². The predicted molar refractivity (Wildman–Crippen MR) is 65.7 cm³/mol. The van der Waals surface area contributed by atoms with Crippen LogP contribution in [0.5, 0.6) is 0 Å². The number of aryl methyl sites for hydroxylation is 3. The van der Waals surface area contributed by atoms with Crippen molar-refractivity contribution in [2.24, 2.45) is 14.1 Å². The quantitative estimate of drug-likeness (QED) is 0.912. The third-order valence-electron chi connectivity index (χ3n) is 2.40. The van der Waals surface area contributed by atoms with E-state index in [-0.39, 0.29) is 18.4 Å². The van der Waals surface area contributed by atoms with Crippen LogP contribution in [0.15, 0.2) is 12.3 Å². The molecule has 0 amide bonds. The van der Waals surface area contributed by atoms with Crippen molar-refractivity contribution in [2.75, 3.05) is 5.32 Å². The topological polar surface area (TPSA) is 47.7 Å². The fourth-order valence-corrected chi connectivity index (χ4v) is 1.55. The molecule has 1 N–H and O–H groups in total. The van der Waals surface area contributed by atoms with Crippen LogP contribution in [-0.2, 0) is 20.6 Å². The first kappa shape index (κ1) is 13.5. The van der Waals surface area contributed by atoms with E-state index < -0.39 is 0 Å². The van der Waals surface area contributed by atoms with Gasteiger partial charge in [-0.3, -0.25) is 4.68 Å². The molecule has 0 radical (unpaired) electrons. The summed E-state index contributed by atoms with van der Waals surface area (Å²) in [6.45, 7) is 2.31. The van der Waals surface area contributed by atoms with E-state index in [9.17, 15) is 4.39 Å². The van der Waals surface area contributed by atoms with Gasteiger partial charge in [0.15, 0.2) is 0 Å². The van der Waals surface area contributed by atoms with Crippen LogP contribution in [0.4, 0.5) is 10.2 Å². The molecule has 0 atom stereocenters. The zero-order chi connectivity index (χ0) is 11.7. The smallest absolute Gasteiger partial charge is 0.216 e. The highest BCUT2D eigenvalue weighted by Crippen LogP contribution is 2.11. The Morgan fingerprint density at radius 1 is 1.35 bits per heavy atom. The monoisotopic (exact) mass is 259 g/mol. The van der Waals surface area contributed by atoms with Crippen molar-refractivity contribution < 1.29 is 4.39 Å². The van der Waals surface area contributed by atoms with E-state index in [1.165, 1.54) is 10.9 Å². The number of hydrogen-bond acceptors (Lipinski definition) is 3. The summed E-state index contributed by atoms with van der Waals surface area (Å²) in [6.07, 6.45) is 1.52. The van der Waals surface area contributed by atoms with Crippen LogP contribution in [0.2, 0.25) is 0 Å². The number of nitrogens with one attached hydrogen (secondary N) is 1. The van der Waals surface area contributed by atoms with Crippen molar-refractivity contribution in [3.8, 4) is 0 Å². The van der Waals surface area contributed by atoms with Gasteiger partial charge in [0.1, 0.15) is 5.82 Å². The summed E-state index contributed by atoms with van der Waals surface area (Å²) in [5.41, 5.74) is 1.47. The van der Waals surface area contributed by atoms with Gasteiger partial charge in [0, 0.05) is 32.3 Å². The molecule has 2 aromatic heterocycles. The molecule has 5 nitrogen and oxygen atoms in total. The summed E-state index contributed by atoms with van der Waals surface area (Å²) in [4.78, 5) is 0. The van der Waals surface area contributed by atoms with Crippen LogP contribution in [-0.4, -0.2) is 19.6 Å². The van der Waals surface area contributed by atoms with Crippen LogP contribution in [0.25, 0.3) is 0 Å². The summed E-state index contributed by atoms with van der Waals surface area (Å²) in [6, 6.07) is 1.91. The lowest BCUT2D eigenvalue weighted by molar-refractivity contribution is 0.496. The molecule has 0 bridgehead atoms. The van der Waals surface area contributed by atoms with E-state index in [0.717, 1.165) is 11.5 Å². The minimum Gasteiger partial charge on any atom is -0.366 e. The van der Waals surface area contributed by atoms with Crippen molar-refractivity contribution in [1.82, 2.24) is 19.6 Å². The molecule has 0 saturated carbocycles. The van der Waals surface area contributed by atoms with Crippen LogP contribution in [0, 0.1) is 12.9 Å². The Bertz CT molecular complexity index is 503. The molecule has 2 heterocycles. The fourth-order valence-electron chi connectivity index (χ4n) is 1.55. The Balaban J connectivity index is 0.00000144. The van der Waals surface area contributed by atoms with Crippen LogP contribution < -0.4 is 5.32 Å². The first-order valence-corrected chi connectivity index (χ1v) is 4.99. The van der Waals surface area contributed by atoms with E-state index in [1.807, 2.05) is 20.0 Å². The fraction of sp³-hybridized carbons (Fsp3) is 0.400. The molecule has 7 heteroatoms. The van der Waals surface area contributed by atoms with E-state index in [0.29, 0.717) is 12.1 Å². The van der Waals surface area contributed by atoms with E-state index in [1.54, 1.807) is 11.7 Å². The largest absolute Gasteiger partial charge is 0.366 e. The number of rotatable bonds is 3. The number of aromatic nitrogens is 4. The molecule has 17 heavy (non-hydrogen) atoms. The Hall–Kier alpha value is -1.56. The number of hydrogen-bond donors (Lipinski definition) is 1. The van der Waals surface area contributed by atoms with Gasteiger partial charge in [-0.1, -0.05) is 0 Å². The van der Waals surface area contributed by atoms with Crippen LogP contribution in [0.1, 0.15) is 11.3 Å². The highest BCUT2D eigenvalue weighted by molar-refractivity contribution is 5.85. The van der Waals surface area contributed by atoms with E-state index >= 15 is 0 Å². The van der Waals surface area contributed by atoms with Gasteiger partial charge in [-0.25, -0.2) is 4.68 Å². The van der Waals surface area contributed by atoms with Crippen molar-refractivity contribution in [3.05, 3.63) is 29.5 Å². The van der Waals surface area contributed by atoms with Crippen molar-refractivity contribution in [3.63, 3.8) is 0 Å². The molecule has 0 saturated heterocycles. The second-order valence-corrected chi connectivity index (χ2v) is 3.73. The van der Waals surface area contributed by atoms with Gasteiger partial charge < -0.3 is 5.32 Å². The predicted octanol–water partition coefficient (Wildman–Crippen LogP) is 1.64. The van der Waals surface area contributed by atoms with Crippen molar-refractivity contribution >= 4 is 18.2 Å². The zero-order valence-electron chi connectivity index (χ0n) is 9.94. The lowest BCUT2D eigenvalue weighted by Gasteiger charge is -2.04. The molecule has 0 aliphatic heterocycles. The summed E-state index contributed by atoms with van der Waals surface area (Å²) >= 11 is 0. The highest BCUT2D eigenvalue weighted by atomic mass is 35.5. The van der Waals surface area contributed by atoms with Gasteiger partial charge in [-0.15, -0.1) is 12.4 Å². The summed E-state index contributed by atoms with van der Waals surface area (Å²) in [7, 11) is 3.42. The number of nitrogens with zero attached hydrogens (tertiary/aromatic N) is 4. The SMILES string of the molecule is Cc1cc(NCc2cnn(C)c2F)n(C)n1.Cl. The summed E-state index contributed by atoms with van der Waals surface area (Å²) < 4.78 is 16.3. The molecule has 0 fully saturated rings. The minimum atomic E-state index is -0.314. The maximum Gasteiger partial charge on any atom is 0.216 e. The maximum atomic E-state index is 13.4. The Morgan fingerprint density at radius 3 is 2.53 bits per heavy atom. The van der Waals surface area contributed by atoms with Gasteiger partial charge >= 0.3 is 0 Å². The van der Waals surface area contributed by atoms with Gasteiger partial charge in [0.05, 0.1) is 11.9 Å². The molecular formula is C10H15ClFN5. The lowest BCUT2D eigenvalue weighted by atomic mass is 10.3. The molecule has 2 aromatic rings. The standard InChI is InChI=1S/C10H14FN5.ClH/c1-7-4-9(15(2)14-7)12-5-8-6-13-16(3)10(8)11;/h4,6,12H,5H2,1-3H3;1H. The lowest BCUT2D eigenvalue weighted by Crippen LogP contribution is -2.05. The van der Waals surface area contributed by atoms with Crippen molar-refractivity contribution in [2.45, 2.75) is 13.5 Å². The first-order valence-electron chi connectivity index (χ1n) is 4.99.